The number of morpholine rings is 1. The number of nitrogens with zero attached hydrogens (tertiary/aromatic N) is 2. The lowest BCUT2D eigenvalue weighted by atomic mass is 10.1. The van der Waals surface area contributed by atoms with Gasteiger partial charge in [0, 0.05) is 45.9 Å². The molecule has 1 heterocycles. The molecule has 1 aromatic carbocycles. The van der Waals surface area contributed by atoms with Gasteiger partial charge in [-0.3, -0.25) is 4.90 Å². The van der Waals surface area contributed by atoms with Gasteiger partial charge in [-0.2, -0.15) is 0 Å². The third-order valence-electron chi connectivity index (χ3n) is 4.90. The fourth-order valence-electron chi connectivity index (χ4n) is 3.61. The van der Waals surface area contributed by atoms with E-state index >= 15 is 0 Å². The average Bonchev–Trinajstić information content (AvgIpc) is 2.69. The number of hydrogen-bond donors (Lipinski definition) is 2. The van der Waals surface area contributed by atoms with E-state index in [1.165, 1.54) is 11.1 Å². The summed E-state index contributed by atoms with van der Waals surface area (Å²) >= 11 is 0. The van der Waals surface area contributed by atoms with Crippen molar-refractivity contribution in [2.75, 3.05) is 39.4 Å². The van der Waals surface area contributed by atoms with Crippen molar-refractivity contribution in [2.45, 2.75) is 65.8 Å². The van der Waals surface area contributed by atoms with Gasteiger partial charge in [0.1, 0.15) is 0 Å². The molecule has 0 aromatic heterocycles. The molecule has 0 spiro atoms. The Morgan fingerprint density at radius 1 is 1.07 bits per heavy atom. The smallest absolute Gasteiger partial charge is 0.191 e. The van der Waals surface area contributed by atoms with Crippen LogP contribution in [-0.4, -0.2) is 62.5 Å². The van der Waals surface area contributed by atoms with Crippen LogP contribution < -0.4 is 10.6 Å². The van der Waals surface area contributed by atoms with Gasteiger partial charge in [-0.15, -0.1) is 24.0 Å². The molecule has 30 heavy (non-hydrogen) atoms. The predicted molar refractivity (Wildman–Crippen MR) is 136 cm³/mol. The number of benzene rings is 1. The summed E-state index contributed by atoms with van der Waals surface area (Å²) in [6.07, 6.45) is 2.77. The van der Waals surface area contributed by atoms with Crippen LogP contribution in [0.25, 0.3) is 0 Å². The zero-order chi connectivity index (χ0) is 20.9. The maximum absolute atomic E-state index is 5.83. The van der Waals surface area contributed by atoms with Crippen LogP contribution >= 0.6 is 24.0 Å². The first-order valence-electron chi connectivity index (χ1n) is 11.2. The number of hydrogen-bond acceptors (Lipinski definition) is 4. The van der Waals surface area contributed by atoms with E-state index < -0.39 is 0 Å². The molecule has 1 aliphatic rings. The van der Waals surface area contributed by atoms with Crippen LogP contribution in [0.3, 0.4) is 0 Å². The van der Waals surface area contributed by atoms with Crippen LogP contribution in [0.5, 0.6) is 0 Å². The summed E-state index contributed by atoms with van der Waals surface area (Å²) in [6, 6.07) is 8.84. The Morgan fingerprint density at radius 3 is 2.37 bits per heavy atom. The monoisotopic (exact) mass is 532 g/mol. The van der Waals surface area contributed by atoms with E-state index in [0.717, 1.165) is 64.7 Å². The van der Waals surface area contributed by atoms with Gasteiger partial charge in [0.25, 0.3) is 0 Å². The molecule has 2 atom stereocenters. The summed E-state index contributed by atoms with van der Waals surface area (Å²) in [5.41, 5.74) is 2.57. The molecule has 0 radical (unpaired) electrons. The minimum absolute atomic E-state index is 0. The van der Waals surface area contributed by atoms with Crippen molar-refractivity contribution in [3.63, 3.8) is 0 Å². The van der Waals surface area contributed by atoms with E-state index in [4.69, 9.17) is 14.5 Å². The highest BCUT2D eigenvalue weighted by atomic mass is 127. The van der Waals surface area contributed by atoms with E-state index in [1.54, 1.807) is 0 Å². The highest BCUT2D eigenvalue weighted by Gasteiger charge is 2.21. The van der Waals surface area contributed by atoms with Crippen molar-refractivity contribution >= 4 is 29.9 Å². The van der Waals surface area contributed by atoms with Crippen molar-refractivity contribution < 1.29 is 9.47 Å². The highest BCUT2D eigenvalue weighted by molar-refractivity contribution is 14.0. The molecule has 0 saturated carbocycles. The molecule has 172 valence electrons. The van der Waals surface area contributed by atoms with Crippen molar-refractivity contribution in [1.29, 1.82) is 0 Å². The second-order valence-electron chi connectivity index (χ2n) is 7.79. The SMILES string of the molecule is CCNC(=NCc1ccc(CN2CC(C)OC(C)C2)cc1)NCCCCOCC.I. The minimum Gasteiger partial charge on any atom is -0.382 e. The van der Waals surface area contributed by atoms with Gasteiger partial charge < -0.3 is 20.1 Å². The first-order valence-corrected chi connectivity index (χ1v) is 11.2. The molecule has 2 rings (SSSR count). The summed E-state index contributed by atoms with van der Waals surface area (Å²) < 4.78 is 11.2. The van der Waals surface area contributed by atoms with Crippen molar-refractivity contribution in [2.24, 2.45) is 4.99 Å². The summed E-state index contributed by atoms with van der Waals surface area (Å²) in [4.78, 5) is 7.20. The van der Waals surface area contributed by atoms with E-state index in [0.29, 0.717) is 18.8 Å². The van der Waals surface area contributed by atoms with Crippen LogP contribution in [0.1, 0.15) is 51.7 Å². The van der Waals surface area contributed by atoms with Crippen LogP contribution in [0.2, 0.25) is 0 Å². The molecule has 0 aliphatic carbocycles. The largest absolute Gasteiger partial charge is 0.382 e. The van der Waals surface area contributed by atoms with E-state index in [9.17, 15) is 0 Å². The zero-order valence-corrected chi connectivity index (χ0v) is 21.5. The van der Waals surface area contributed by atoms with Crippen molar-refractivity contribution in [3.8, 4) is 0 Å². The van der Waals surface area contributed by atoms with Gasteiger partial charge in [0.2, 0.25) is 0 Å². The number of rotatable bonds is 11. The molecule has 0 bridgehead atoms. The number of halogens is 1. The van der Waals surface area contributed by atoms with Gasteiger partial charge >= 0.3 is 0 Å². The number of unbranched alkanes of at least 4 members (excludes halogenated alkanes) is 1. The Hall–Kier alpha value is -0.900. The fourth-order valence-corrected chi connectivity index (χ4v) is 3.61. The number of guanidine groups is 1. The molecule has 6 nitrogen and oxygen atoms in total. The molecule has 2 unspecified atom stereocenters. The Bertz CT molecular complexity index is 587. The summed E-state index contributed by atoms with van der Waals surface area (Å²) in [6.45, 7) is 15.5. The molecule has 0 amide bonds. The quantitative estimate of drug-likeness (QED) is 0.197. The maximum atomic E-state index is 5.83. The molecule has 1 aliphatic heterocycles. The van der Waals surface area contributed by atoms with Crippen LogP contribution in [0.4, 0.5) is 0 Å². The topological polar surface area (TPSA) is 58.1 Å². The fraction of sp³-hybridized carbons (Fsp3) is 0.696. The van der Waals surface area contributed by atoms with Gasteiger partial charge in [0.15, 0.2) is 5.96 Å². The molecule has 2 N–H and O–H groups in total. The van der Waals surface area contributed by atoms with Gasteiger partial charge in [-0.05, 0) is 51.7 Å². The lowest BCUT2D eigenvalue weighted by molar-refractivity contribution is -0.0704. The third-order valence-corrected chi connectivity index (χ3v) is 4.90. The Kier molecular flexibility index (Phi) is 14.3. The first kappa shape index (κ1) is 27.1. The van der Waals surface area contributed by atoms with E-state index in [-0.39, 0.29) is 24.0 Å². The molecule has 1 aromatic rings. The molecular weight excluding hydrogens is 491 g/mol. The van der Waals surface area contributed by atoms with Crippen molar-refractivity contribution in [3.05, 3.63) is 35.4 Å². The minimum atomic E-state index is 0. The van der Waals surface area contributed by atoms with Gasteiger partial charge in [-0.25, -0.2) is 4.99 Å². The Balaban J connectivity index is 0.00000450. The number of aliphatic imine (C=N–C) groups is 1. The first-order chi connectivity index (χ1) is 14.1. The lowest BCUT2D eigenvalue weighted by Crippen LogP contribution is -2.44. The summed E-state index contributed by atoms with van der Waals surface area (Å²) in [5, 5.41) is 6.72. The van der Waals surface area contributed by atoms with E-state index in [1.807, 2.05) is 6.92 Å². The molecule has 7 heteroatoms. The van der Waals surface area contributed by atoms with Gasteiger partial charge in [0.05, 0.1) is 18.8 Å². The zero-order valence-electron chi connectivity index (χ0n) is 19.2. The second kappa shape index (κ2) is 15.8. The molecular formula is C23H41IN4O2. The predicted octanol–water partition coefficient (Wildman–Crippen LogP) is 3.79. The summed E-state index contributed by atoms with van der Waals surface area (Å²) in [7, 11) is 0. The summed E-state index contributed by atoms with van der Waals surface area (Å²) in [5.74, 6) is 0.879. The van der Waals surface area contributed by atoms with Crippen LogP contribution in [-0.2, 0) is 22.6 Å². The maximum Gasteiger partial charge on any atom is 0.191 e. The average molecular weight is 533 g/mol. The normalized spacial score (nSPS) is 19.9. The molecule has 1 fully saturated rings. The van der Waals surface area contributed by atoms with E-state index in [2.05, 4.69) is 60.6 Å². The molecule has 1 saturated heterocycles. The van der Waals surface area contributed by atoms with Gasteiger partial charge in [-0.1, -0.05) is 24.3 Å². The lowest BCUT2D eigenvalue weighted by Gasteiger charge is -2.35. The number of nitrogens with one attached hydrogen (secondary N) is 2. The Labute approximate surface area is 200 Å². The van der Waals surface area contributed by atoms with Crippen LogP contribution in [0, 0.1) is 0 Å². The second-order valence-corrected chi connectivity index (χ2v) is 7.79. The number of ether oxygens (including phenoxy) is 2. The Morgan fingerprint density at radius 2 is 1.73 bits per heavy atom. The van der Waals surface area contributed by atoms with Crippen molar-refractivity contribution in [1.82, 2.24) is 15.5 Å². The van der Waals surface area contributed by atoms with Crippen LogP contribution in [0.15, 0.2) is 29.3 Å². The third kappa shape index (κ3) is 10.9. The standard InChI is InChI=1S/C23H40N4O2.HI/c1-5-24-23(25-13-7-8-14-28-6-2)26-15-21-9-11-22(12-10-21)18-27-16-19(3)29-20(4)17-27;/h9-12,19-20H,5-8,13-18H2,1-4H3,(H2,24,25,26);1H. The highest BCUT2D eigenvalue weighted by Crippen LogP contribution is 2.15.